The first-order valence-electron chi connectivity index (χ1n) is 6.55. The predicted molar refractivity (Wildman–Crippen MR) is 80.0 cm³/mol. The normalized spacial score (nSPS) is 17.1. The topological polar surface area (TPSA) is 38.3 Å². The molecule has 0 spiro atoms. The van der Waals surface area contributed by atoms with Crippen molar-refractivity contribution in [2.75, 3.05) is 5.32 Å². The number of amides is 1. The molecule has 0 saturated heterocycles. The van der Waals surface area contributed by atoms with Gasteiger partial charge in [0.15, 0.2) is 0 Å². The molecule has 102 valence electrons. The molecule has 1 aliphatic rings. The molecule has 0 aliphatic carbocycles. The zero-order chi connectivity index (χ0) is 14.1. The number of ether oxygens (including phenoxy) is 1. The molecule has 3 nitrogen and oxygen atoms in total. The second kappa shape index (κ2) is 5.17. The zero-order valence-electron chi connectivity index (χ0n) is 11.0. The van der Waals surface area contributed by atoms with E-state index in [1.807, 2.05) is 43.3 Å². The van der Waals surface area contributed by atoms with E-state index in [4.69, 9.17) is 16.3 Å². The highest BCUT2D eigenvalue weighted by molar-refractivity contribution is 6.30. The van der Waals surface area contributed by atoms with Crippen molar-refractivity contribution in [1.29, 1.82) is 0 Å². The largest absolute Gasteiger partial charge is 0.441 e. The van der Waals surface area contributed by atoms with Gasteiger partial charge in [-0.25, -0.2) is 4.79 Å². The Morgan fingerprint density at radius 3 is 2.75 bits per heavy atom. The van der Waals surface area contributed by atoms with Crippen molar-refractivity contribution in [1.82, 2.24) is 0 Å². The van der Waals surface area contributed by atoms with Gasteiger partial charge in [0.2, 0.25) is 0 Å². The monoisotopic (exact) mass is 287 g/mol. The number of rotatable bonds is 2. The molecule has 0 saturated carbocycles. The van der Waals surface area contributed by atoms with Crippen molar-refractivity contribution >= 4 is 23.4 Å². The standard InChI is InChI=1S/C16H14ClNO2/c1-2-15-13-9-11(10-4-3-5-12(17)8-10)6-7-14(13)18-16(19)20-15/h3-9,15H,2H2,1H3,(H,18,19). The zero-order valence-corrected chi connectivity index (χ0v) is 11.8. The summed E-state index contributed by atoms with van der Waals surface area (Å²) in [5, 5.41) is 3.43. The number of carbonyl (C=O) groups excluding carboxylic acids is 1. The van der Waals surface area contributed by atoms with Gasteiger partial charge >= 0.3 is 6.09 Å². The van der Waals surface area contributed by atoms with E-state index >= 15 is 0 Å². The third kappa shape index (κ3) is 2.37. The van der Waals surface area contributed by atoms with Crippen molar-refractivity contribution in [3.8, 4) is 11.1 Å². The van der Waals surface area contributed by atoms with E-state index in [0.717, 1.165) is 28.8 Å². The van der Waals surface area contributed by atoms with Crippen LogP contribution in [0.5, 0.6) is 0 Å². The second-order valence-corrected chi connectivity index (χ2v) is 5.18. The summed E-state index contributed by atoms with van der Waals surface area (Å²) in [5.74, 6) is 0. The average molecular weight is 288 g/mol. The lowest BCUT2D eigenvalue weighted by atomic mass is 9.97. The van der Waals surface area contributed by atoms with E-state index in [0.29, 0.717) is 5.02 Å². The smallest absolute Gasteiger partial charge is 0.412 e. The first-order valence-corrected chi connectivity index (χ1v) is 6.92. The summed E-state index contributed by atoms with van der Waals surface area (Å²) in [7, 11) is 0. The molecule has 1 unspecified atom stereocenters. The quantitative estimate of drug-likeness (QED) is 0.842. The molecule has 0 aromatic heterocycles. The van der Waals surface area contributed by atoms with E-state index in [9.17, 15) is 4.79 Å². The van der Waals surface area contributed by atoms with Crippen molar-refractivity contribution in [3.63, 3.8) is 0 Å². The SMILES string of the molecule is CCC1OC(=O)Nc2ccc(-c3cccc(Cl)c3)cc21. The Kier molecular flexibility index (Phi) is 3.36. The Hall–Kier alpha value is -2.00. The number of hydrogen-bond donors (Lipinski definition) is 1. The number of fused-ring (bicyclic) bond motifs is 1. The van der Waals surface area contributed by atoms with Gasteiger partial charge in [0.25, 0.3) is 0 Å². The van der Waals surface area contributed by atoms with Gasteiger partial charge in [-0.3, -0.25) is 5.32 Å². The summed E-state index contributed by atoms with van der Waals surface area (Å²) in [6.07, 6.45) is 0.164. The average Bonchev–Trinajstić information content (AvgIpc) is 2.46. The number of carbonyl (C=O) groups is 1. The molecule has 1 N–H and O–H groups in total. The summed E-state index contributed by atoms with van der Waals surface area (Å²) >= 11 is 6.03. The number of hydrogen-bond acceptors (Lipinski definition) is 2. The molecule has 2 aromatic rings. The van der Waals surface area contributed by atoms with Gasteiger partial charge in [-0.15, -0.1) is 0 Å². The van der Waals surface area contributed by atoms with E-state index in [1.165, 1.54) is 0 Å². The van der Waals surface area contributed by atoms with Crippen molar-refractivity contribution in [3.05, 3.63) is 53.1 Å². The van der Waals surface area contributed by atoms with Crippen LogP contribution in [0.15, 0.2) is 42.5 Å². The lowest BCUT2D eigenvalue weighted by molar-refractivity contribution is 0.104. The van der Waals surface area contributed by atoms with Crippen LogP contribution in [0.4, 0.5) is 10.5 Å². The van der Waals surface area contributed by atoms with Crippen molar-refractivity contribution in [2.24, 2.45) is 0 Å². The summed E-state index contributed by atoms with van der Waals surface area (Å²) in [4.78, 5) is 11.4. The third-order valence-corrected chi connectivity index (χ3v) is 3.65. The molecular weight excluding hydrogens is 274 g/mol. The fraction of sp³-hybridized carbons (Fsp3) is 0.188. The maximum absolute atomic E-state index is 11.4. The Morgan fingerprint density at radius 2 is 2.00 bits per heavy atom. The van der Waals surface area contributed by atoms with Crippen LogP contribution in [0.2, 0.25) is 5.02 Å². The van der Waals surface area contributed by atoms with Crippen LogP contribution in [0.1, 0.15) is 25.0 Å². The van der Waals surface area contributed by atoms with Gasteiger partial charge in [-0.1, -0.05) is 36.7 Å². The minimum Gasteiger partial charge on any atom is -0.441 e. The molecule has 0 radical (unpaired) electrons. The highest BCUT2D eigenvalue weighted by Crippen LogP contribution is 2.36. The Balaban J connectivity index is 2.06. The fourth-order valence-corrected chi connectivity index (χ4v) is 2.62. The minimum absolute atomic E-state index is 0.196. The van der Waals surface area contributed by atoms with E-state index < -0.39 is 0 Å². The van der Waals surface area contributed by atoms with Crippen LogP contribution < -0.4 is 5.32 Å². The van der Waals surface area contributed by atoms with Crippen LogP contribution in [0.3, 0.4) is 0 Å². The highest BCUT2D eigenvalue weighted by atomic mass is 35.5. The van der Waals surface area contributed by atoms with E-state index in [-0.39, 0.29) is 12.2 Å². The maximum Gasteiger partial charge on any atom is 0.412 e. The minimum atomic E-state index is -0.389. The Bertz CT molecular complexity index is 669. The Labute approximate surface area is 122 Å². The van der Waals surface area contributed by atoms with Gasteiger partial charge in [-0.2, -0.15) is 0 Å². The first kappa shape index (κ1) is 13.0. The lowest BCUT2D eigenvalue weighted by Gasteiger charge is -2.26. The predicted octanol–water partition coefficient (Wildman–Crippen LogP) is 5.02. The van der Waals surface area contributed by atoms with Crippen LogP contribution in [0, 0.1) is 0 Å². The lowest BCUT2D eigenvalue weighted by Crippen LogP contribution is -2.24. The number of anilines is 1. The van der Waals surface area contributed by atoms with Gasteiger partial charge in [-0.05, 0) is 41.8 Å². The van der Waals surface area contributed by atoms with Gasteiger partial charge in [0, 0.05) is 10.6 Å². The number of benzene rings is 2. The van der Waals surface area contributed by atoms with Gasteiger partial charge < -0.3 is 4.74 Å². The van der Waals surface area contributed by atoms with Crippen LogP contribution >= 0.6 is 11.6 Å². The van der Waals surface area contributed by atoms with Crippen molar-refractivity contribution < 1.29 is 9.53 Å². The summed E-state index contributed by atoms with van der Waals surface area (Å²) < 4.78 is 5.30. The van der Waals surface area contributed by atoms with Crippen molar-refractivity contribution in [2.45, 2.75) is 19.4 Å². The highest BCUT2D eigenvalue weighted by Gasteiger charge is 2.25. The second-order valence-electron chi connectivity index (χ2n) is 4.74. The molecule has 1 atom stereocenters. The van der Waals surface area contributed by atoms with Crippen LogP contribution in [-0.2, 0) is 4.74 Å². The van der Waals surface area contributed by atoms with E-state index in [2.05, 4.69) is 11.4 Å². The molecular formula is C16H14ClNO2. The first-order chi connectivity index (χ1) is 9.67. The molecule has 20 heavy (non-hydrogen) atoms. The van der Waals surface area contributed by atoms with Crippen LogP contribution in [-0.4, -0.2) is 6.09 Å². The molecule has 1 aliphatic heterocycles. The molecule has 1 heterocycles. The van der Waals surface area contributed by atoms with Gasteiger partial charge in [0.1, 0.15) is 6.10 Å². The maximum atomic E-state index is 11.4. The number of nitrogens with one attached hydrogen (secondary N) is 1. The molecule has 4 heteroatoms. The molecule has 1 amide bonds. The summed E-state index contributed by atoms with van der Waals surface area (Å²) in [6.45, 7) is 2.00. The van der Waals surface area contributed by atoms with Gasteiger partial charge in [0.05, 0.1) is 5.69 Å². The fourth-order valence-electron chi connectivity index (χ4n) is 2.43. The third-order valence-electron chi connectivity index (χ3n) is 3.41. The molecule has 0 bridgehead atoms. The number of cyclic esters (lactones) is 1. The number of halogens is 1. The summed E-state index contributed by atoms with van der Waals surface area (Å²) in [6, 6.07) is 13.6. The molecule has 2 aromatic carbocycles. The molecule has 3 rings (SSSR count). The van der Waals surface area contributed by atoms with E-state index in [1.54, 1.807) is 0 Å². The van der Waals surface area contributed by atoms with Crippen LogP contribution in [0.25, 0.3) is 11.1 Å². The summed E-state index contributed by atoms with van der Waals surface area (Å²) in [5.41, 5.74) is 3.93. The molecule has 0 fully saturated rings. The Morgan fingerprint density at radius 1 is 1.20 bits per heavy atom.